The van der Waals surface area contributed by atoms with Crippen LogP contribution in [0.25, 0.3) is 33.5 Å². The third-order valence-electron chi connectivity index (χ3n) is 15.7. The summed E-state index contributed by atoms with van der Waals surface area (Å²) in [5.74, 6) is 1.28. The quantitative estimate of drug-likeness (QED) is 0.0144. The van der Waals surface area contributed by atoms with Crippen LogP contribution in [0.15, 0.2) is 116 Å². The van der Waals surface area contributed by atoms with Crippen molar-refractivity contribution in [2.45, 2.75) is 137 Å². The van der Waals surface area contributed by atoms with Crippen LogP contribution >= 0.6 is 15.5 Å². The van der Waals surface area contributed by atoms with E-state index >= 15 is 0 Å². The molecule has 6 aromatic heterocycles. The molecule has 0 saturated heterocycles. The highest BCUT2D eigenvalue weighted by Gasteiger charge is 2.39. The number of anilines is 3. The summed E-state index contributed by atoms with van der Waals surface area (Å²) in [6.07, 6.45) is 19.3. The molecule has 2 unspecified atom stereocenters. The summed E-state index contributed by atoms with van der Waals surface area (Å²) in [7, 11) is -3.47. The Morgan fingerprint density at radius 3 is 1.12 bits per heavy atom. The van der Waals surface area contributed by atoms with Crippen LogP contribution in [0.2, 0.25) is 0 Å². The molecule has 0 radical (unpaired) electrons. The minimum absolute atomic E-state index is 0. The zero-order chi connectivity index (χ0) is 71.1. The number of nitrogen functional groups attached to an aromatic ring is 3. The number of allylic oxidation sites excluding steroid dienone is 3. The van der Waals surface area contributed by atoms with Crippen molar-refractivity contribution in [3.63, 3.8) is 0 Å². The van der Waals surface area contributed by atoms with E-state index in [1.807, 2.05) is 90.0 Å². The molecule has 2 aromatic carbocycles. The number of nitrogens with one attached hydrogen (secondary N) is 2. The lowest BCUT2D eigenvalue weighted by Gasteiger charge is -2.27. The van der Waals surface area contributed by atoms with Gasteiger partial charge in [-0.1, -0.05) is 108 Å². The van der Waals surface area contributed by atoms with Crippen LogP contribution in [0.4, 0.5) is 17.8 Å². The first-order chi connectivity index (χ1) is 47.4. The van der Waals surface area contributed by atoms with E-state index in [2.05, 4.69) is 55.0 Å². The number of nitrogens with two attached hydrogens (primary N) is 3. The zero-order valence-electron chi connectivity index (χ0n) is 57.3. The highest BCUT2D eigenvalue weighted by atomic mass is 31.2. The molecule has 8 aromatic rings. The third-order valence-corrected chi connectivity index (χ3v) is 18.9. The van der Waals surface area contributed by atoms with Crippen LogP contribution in [-0.2, 0) is 37.2 Å². The van der Waals surface area contributed by atoms with Gasteiger partial charge in [-0.2, -0.15) is 40.1 Å². The molecule has 540 valence electrons. The molecule has 33 heteroatoms. The van der Waals surface area contributed by atoms with Gasteiger partial charge in [-0.25, -0.2) is 24.1 Å². The number of hydrogen-bond acceptors (Lipinski definition) is 26. The maximum atomic E-state index is 14.1. The molecule has 100 heavy (non-hydrogen) atoms. The van der Waals surface area contributed by atoms with Gasteiger partial charge < -0.3 is 68.7 Å². The van der Waals surface area contributed by atoms with Crippen LogP contribution in [-0.4, -0.2) is 141 Å². The molecule has 0 spiro atoms. The van der Waals surface area contributed by atoms with E-state index in [1.165, 1.54) is 21.3 Å². The molecule has 0 aliphatic heterocycles. The van der Waals surface area contributed by atoms with Crippen molar-refractivity contribution >= 4 is 78.8 Å². The van der Waals surface area contributed by atoms with E-state index in [4.69, 9.17) is 59.0 Å². The maximum absolute atomic E-state index is 14.1. The number of para-hydroxylation sites is 2. The number of imidazole rings is 3. The third kappa shape index (κ3) is 20.1. The molecule has 0 fully saturated rings. The minimum Gasteiger partial charge on any atom is -0.479 e. The fourth-order valence-corrected chi connectivity index (χ4v) is 14.4. The van der Waals surface area contributed by atoms with E-state index in [9.17, 15) is 23.8 Å². The zero-order valence-corrected chi connectivity index (χ0v) is 59.1. The van der Waals surface area contributed by atoms with Gasteiger partial charge in [0.15, 0.2) is 33.5 Å². The average molecular weight is 1420 g/mol. The second-order valence-electron chi connectivity index (χ2n) is 25.3. The number of aliphatic hydroxyl groups excluding tert-OH is 1. The fraction of sp³-hybridized carbons (Fsp3) is 0.478. The van der Waals surface area contributed by atoms with Crippen molar-refractivity contribution in [1.29, 1.82) is 0 Å². The first kappa shape index (κ1) is 76.7. The molecule has 31 nitrogen and oxygen atoms in total. The van der Waals surface area contributed by atoms with Crippen LogP contribution in [0, 0.1) is 29.6 Å². The summed E-state index contributed by atoms with van der Waals surface area (Å²) >= 11 is 0. The SMILES string of the molecule is C.COc1nc(N)nc2c1ncn2[C@H]1C=C[C@@H](CO)C1.COc1nc(N)nc2c1ncn2[C@H]1C=C[C@@H](COP(=O)(N[C@@H](CC(C)C)C(=O)OC(C)C)Oc2ccccc2)C1.COc1nc(N)nc2c1ncn2[C@H]1C=C[C@@H](COP(=O)(N[C@@H](CC(C)C)C(=O)OC(C)C)Oc2ccccc2)C1. The number of nitrogens with zero attached hydrogens (tertiary/aromatic N) is 12. The summed E-state index contributed by atoms with van der Waals surface area (Å²) in [5.41, 5.74) is 20.8. The lowest BCUT2D eigenvalue weighted by molar-refractivity contribution is -0.150. The van der Waals surface area contributed by atoms with Crippen LogP contribution in [0.1, 0.15) is 113 Å². The molecule has 3 aliphatic rings. The number of carbonyl (C=O) groups excluding carboxylic acids is 2. The van der Waals surface area contributed by atoms with Crippen molar-refractivity contribution in [2.75, 3.05) is 58.4 Å². The Bertz CT molecular complexity index is 4000. The molecule has 6 heterocycles. The van der Waals surface area contributed by atoms with Gasteiger partial charge in [-0.05, 0) is 95.9 Å². The van der Waals surface area contributed by atoms with E-state index in [0.29, 0.717) is 88.3 Å². The van der Waals surface area contributed by atoms with Crippen LogP contribution in [0.3, 0.4) is 0 Å². The second-order valence-corrected chi connectivity index (χ2v) is 28.6. The lowest BCUT2D eigenvalue weighted by Crippen LogP contribution is -2.39. The number of benzene rings is 2. The van der Waals surface area contributed by atoms with Gasteiger partial charge >= 0.3 is 27.4 Å². The van der Waals surface area contributed by atoms with Crippen molar-refractivity contribution in [2.24, 2.45) is 29.6 Å². The summed E-state index contributed by atoms with van der Waals surface area (Å²) in [6.45, 7) is 15.3. The number of aromatic nitrogens is 12. The molecular formula is C67H93N17O14P2. The summed E-state index contributed by atoms with van der Waals surface area (Å²) in [4.78, 5) is 63.9. The van der Waals surface area contributed by atoms with Gasteiger partial charge in [0.1, 0.15) is 23.6 Å². The highest BCUT2D eigenvalue weighted by molar-refractivity contribution is 7.52. The topological polar surface area (TPSA) is 404 Å². The van der Waals surface area contributed by atoms with E-state index in [-0.39, 0.29) is 105 Å². The Morgan fingerprint density at radius 1 is 0.510 bits per heavy atom. The number of hydrogen-bond donors (Lipinski definition) is 6. The van der Waals surface area contributed by atoms with Gasteiger partial charge in [0.05, 0.1) is 83.9 Å². The average Bonchev–Trinajstić information content (AvgIpc) is 1.65. The highest BCUT2D eigenvalue weighted by Crippen LogP contribution is 2.49. The summed E-state index contributed by atoms with van der Waals surface area (Å²) in [6, 6.07) is 15.6. The Hall–Kier alpha value is -9.09. The lowest BCUT2D eigenvalue weighted by atomic mass is 10.0. The Labute approximate surface area is 581 Å². The molecule has 0 saturated carbocycles. The largest absolute Gasteiger partial charge is 0.479 e. The maximum Gasteiger partial charge on any atom is 0.459 e. The summed E-state index contributed by atoms with van der Waals surface area (Å²) < 4.78 is 84.1. The van der Waals surface area contributed by atoms with Gasteiger partial charge in [0, 0.05) is 24.4 Å². The van der Waals surface area contributed by atoms with Crippen LogP contribution in [0.5, 0.6) is 29.1 Å². The van der Waals surface area contributed by atoms with Crippen molar-refractivity contribution in [3.05, 3.63) is 116 Å². The van der Waals surface area contributed by atoms with E-state index in [1.54, 1.807) is 95.2 Å². The predicted octanol–water partition coefficient (Wildman–Crippen LogP) is 10.6. The summed E-state index contributed by atoms with van der Waals surface area (Å²) in [5, 5.41) is 14.9. The predicted molar refractivity (Wildman–Crippen MR) is 378 cm³/mol. The number of aliphatic hydroxyl groups is 1. The van der Waals surface area contributed by atoms with Gasteiger partial charge in [-0.15, -0.1) is 0 Å². The van der Waals surface area contributed by atoms with Gasteiger partial charge in [-0.3, -0.25) is 18.6 Å². The first-order valence-electron chi connectivity index (χ1n) is 32.6. The van der Waals surface area contributed by atoms with E-state index in [0.717, 1.165) is 6.42 Å². The molecule has 0 amide bonds. The Kier molecular flexibility index (Phi) is 26.7. The normalized spacial score (nSPS) is 19.6. The number of fused-ring (bicyclic) bond motifs is 3. The standard InChI is InChI=1S/2C27H37N6O6P.C12H15N5O2.CH4/c2*1-17(2)13-22(26(34)38-18(3)4)32-40(35,39-21-9-7-6-8-10-21)37-15-19-11-12-20(14-19)33-16-29-23-24(33)30-27(28)31-25(23)36-5;1-19-11-9-10(15-12(13)16-11)17(6-14-9)8-3-2-7(4-8)5-18;/h2*6-12,16-20,22H,13-15H2,1-5H3,(H,32,35)(H2,28,30,31);2-3,6-8,18H,4-5H2,1H3,(H2,13,15,16);1H4/t2*19-,20+,22+,40?;7-,8+;/m111./s1. The first-order valence-corrected chi connectivity index (χ1v) is 35.7. The minimum atomic E-state index is -4.00. The smallest absolute Gasteiger partial charge is 0.459 e. The fourth-order valence-electron chi connectivity index (χ4n) is 11.3. The van der Waals surface area contributed by atoms with Crippen LogP contribution < -0.4 is 50.6 Å². The number of esters is 2. The van der Waals surface area contributed by atoms with Crippen molar-refractivity contribution < 1.29 is 65.6 Å². The monoisotopic (exact) mass is 1420 g/mol. The number of ether oxygens (including phenoxy) is 5. The number of methoxy groups -OCH3 is 3. The molecule has 11 rings (SSSR count). The number of rotatable bonds is 29. The molecular weight excluding hydrogens is 1330 g/mol. The molecule has 0 bridgehead atoms. The van der Waals surface area contributed by atoms with Crippen molar-refractivity contribution in [3.8, 4) is 29.1 Å². The van der Waals surface area contributed by atoms with Gasteiger partial charge in [0.2, 0.25) is 35.5 Å². The van der Waals surface area contributed by atoms with E-state index < -0.39 is 39.5 Å². The molecule has 10 atom stereocenters. The molecule has 9 N–H and O–H groups in total. The number of carbonyl (C=O) groups is 2. The Balaban J connectivity index is 0.000000201. The van der Waals surface area contributed by atoms with Gasteiger partial charge in [0.25, 0.3) is 0 Å². The molecule has 3 aliphatic carbocycles. The second kappa shape index (κ2) is 34.8. The van der Waals surface area contributed by atoms with Crippen molar-refractivity contribution in [1.82, 2.24) is 68.7 Å². The Morgan fingerprint density at radius 2 is 0.830 bits per heavy atom.